The number of aromatic nitrogens is 1. The monoisotopic (exact) mass is 445 g/mol. The van der Waals surface area contributed by atoms with Crippen molar-refractivity contribution in [1.29, 1.82) is 0 Å². The molecule has 0 saturated carbocycles. The van der Waals surface area contributed by atoms with E-state index in [9.17, 15) is 9.90 Å². The average molecular weight is 446 g/mol. The molecule has 0 bridgehead atoms. The van der Waals surface area contributed by atoms with Gasteiger partial charge in [0.05, 0.1) is 15.8 Å². The van der Waals surface area contributed by atoms with E-state index in [4.69, 9.17) is 16.6 Å². The summed E-state index contributed by atoms with van der Waals surface area (Å²) in [4.78, 5) is 17.1. The lowest BCUT2D eigenvalue weighted by Gasteiger charge is -2.10. The SMILES string of the molecule is O=C(NC(=S)Nc1ccc(O)c(-c2nc3ccccc3s2)c1)c1cc2ccccc2o1. The zero-order valence-electron chi connectivity index (χ0n) is 16.0. The quantitative estimate of drug-likeness (QED) is 0.250. The molecule has 0 aliphatic rings. The third-order valence-electron chi connectivity index (χ3n) is 4.66. The van der Waals surface area contributed by atoms with Crippen molar-refractivity contribution in [2.45, 2.75) is 0 Å². The highest BCUT2D eigenvalue weighted by molar-refractivity contribution is 7.80. The first-order chi connectivity index (χ1) is 15.1. The molecule has 0 aliphatic heterocycles. The van der Waals surface area contributed by atoms with Crippen molar-refractivity contribution in [3.05, 3.63) is 78.6 Å². The third-order valence-corrected chi connectivity index (χ3v) is 5.93. The Kier molecular flexibility index (Phi) is 4.85. The molecule has 0 radical (unpaired) electrons. The van der Waals surface area contributed by atoms with Gasteiger partial charge in [-0.1, -0.05) is 30.3 Å². The fourth-order valence-electron chi connectivity index (χ4n) is 3.19. The van der Waals surface area contributed by atoms with E-state index in [1.807, 2.05) is 42.5 Å². The second-order valence-corrected chi connectivity index (χ2v) is 8.21. The lowest BCUT2D eigenvalue weighted by atomic mass is 10.2. The fourth-order valence-corrected chi connectivity index (χ4v) is 4.39. The topological polar surface area (TPSA) is 87.4 Å². The van der Waals surface area contributed by atoms with Crippen LogP contribution in [0.25, 0.3) is 31.8 Å². The number of para-hydroxylation sites is 2. The molecule has 0 fully saturated rings. The third kappa shape index (κ3) is 3.86. The maximum absolute atomic E-state index is 12.5. The molecule has 0 saturated heterocycles. The molecule has 0 aliphatic carbocycles. The summed E-state index contributed by atoms with van der Waals surface area (Å²) in [6.07, 6.45) is 0. The molecule has 5 aromatic rings. The van der Waals surface area contributed by atoms with Crippen molar-refractivity contribution >= 4 is 61.4 Å². The molecule has 2 heterocycles. The number of phenolic OH excluding ortho intramolecular Hbond substituents is 1. The average Bonchev–Trinajstić information content (AvgIpc) is 3.39. The molecule has 0 spiro atoms. The van der Waals surface area contributed by atoms with Gasteiger partial charge in [-0.05, 0) is 54.7 Å². The summed E-state index contributed by atoms with van der Waals surface area (Å²) < 4.78 is 6.59. The van der Waals surface area contributed by atoms with Crippen LogP contribution in [-0.4, -0.2) is 21.1 Å². The predicted molar refractivity (Wildman–Crippen MR) is 127 cm³/mol. The second-order valence-electron chi connectivity index (χ2n) is 6.78. The van der Waals surface area contributed by atoms with Crippen LogP contribution in [0, 0.1) is 0 Å². The number of hydrogen-bond acceptors (Lipinski definition) is 6. The van der Waals surface area contributed by atoms with Gasteiger partial charge in [0.15, 0.2) is 10.9 Å². The highest BCUT2D eigenvalue weighted by atomic mass is 32.1. The van der Waals surface area contributed by atoms with Gasteiger partial charge in [0, 0.05) is 11.1 Å². The molecule has 5 rings (SSSR count). The van der Waals surface area contributed by atoms with Gasteiger partial charge in [-0.3, -0.25) is 10.1 Å². The van der Waals surface area contributed by atoms with E-state index in [0.29, 0.717) is 21.8 Å². The maximum atomic E-state index is 12.5. The molecule has 2 aromatic heterocycles. The maximum Gasteiger partial charge on any atom is 0.293 e. The Morgan fingerprint density at radius 3 is 2.68 bits per heavy atom. The van der Waals surface area contributed by atoms with Gasteiger partial charge in [-0.25, -0.2) is 4.98 Å². The lowest BCUT2D eigenvalue weighted by molar-refractivity contribution is 0.0953. The number of fused-ring (bicyclic) bond motifs is 2. The minimum absolute atomic E-state index is 0.113. The molecule has 0 atom stereocenters. The first-order valence-electron chi connectivity index (χ1n) is 9.37. The van der Waals surface area contributed by atoms with E-state index in [1.165, 1.54) is 11.3 Å². The summed E-state index contributed by atoms with van der Waals surface area (Å²) in [7, 11) is 0. The fraction of sp³-hybridized carbons (Fsp3) is 0. The van der Waals surface area contributed by atoms with E-state index in [2.05, 4.69) is 15.6 Å². The lowest BCUT2D eigenvalue weighted by Crippen LogP contribution is -2.33. The van der Waals surface area contributed by atoms with Crippen LogP contribution < -0.4 is 10.6 Å². The minimum Gasteiger partial charge on any atom is -0.507 e. The van der Waals surface area contributed by atoms with Gasteiger partial charge >= 0.3 is 0 Å². The summed E-state index contributed by atoms with van der Waals surface area (Å²) in [5.74, 6) is -0.160. The Labute approximate surface area is 186 Å². The first kappa shape index (κ1) is 19.2. The number of carbonyl (C=O) groups excluding carboxylic acids is 1. The van der Waals surface area contributed by atoms with Gasteiger partial charge in [-0.2, -0.15) is 0 Å². The number of furan rings is 1. The molecule has 8 heteroatoms. The van der Waals surface area contributed by atoms with Crippen molar-refractivity contribution in [3.8, 4) is 16.3 Å². The Morgan fingerprint density at radius 1 is 1.03 bits per heavy atom. The standard InChI is InChI=1S/C23H15N3O3S2/c27-17-10-9-14(12-15(17)22-25-16-6-2-4-8-20(16)31-22)24-23(30)26-21(28)19-11-13-5-1-3-7-18(13)29-19/h1-12,27H,(H2,24,26,28,30). The summed E-state index contributed by atoms with van der Waals surface area (Å²) >= 11 is 6.77. The van der Waals surface area contributed by atoms with E-state index in [0.717, 1.165) is 15.6 Å². The second kappa shape index (κ2) is 7.82. The number of amides is 1. The summed E-state index contributed by atoms with van der Waals surface area (Å²) in [5, 5.41) is 17.6. The number of benzene rings is 3. The minimum atomic E-state index is -0.445. The Morgan fingerprint density at radius 2 is 1.84 bits per heavy atom. The Bertz CT molecular complexity index is 1390. The number of nitrogens with one attached hydrogen (secondary N) is 2. The van der Waals surface area contributed by atoms with Crippen LogP contribution >= 0.6 is 23.6 Å². The zero-order chi connectivity index (χ0) is 21.4. The van der Waals surface area contributed by atoms with Crippen LogP contribution in [0.15, 0.2) is 77.2 Å². The summed E-state index contributed by atoms with van der Waals surface area (Å²) in [5.41, 5.74) is 2.69. The highest BCUT2D eigenvalue weighted by Gasteiger charge is 2.15. The number of anilines is 1. The molecule has 6 nitrogen and oxygen atoms in total. The van der Waals surface area contributed by atoms with Crippen molar-refractivity contribution in [3.63, 3.8) is 0 Å². The number of carbonyl (C=O) groups is 1. The largest absolute Gasteiger partial charge is 0.507 e. The number of thiocarbonyl (C=S) groups is 1. The molecule has 0 unspecified atom stereocenters. The summed E-state index contributed by atoms with van der Waals surface area (Å²) in [6.45, 7) is 0. The molecule has 3 N–H and O–H groups in total. The van der Waals surface area contributed by atoms with Crippen LogP contribution in [0.5, 0.6) is 5.75 Å². The summed E-state index contributed by atoms with van der Waals surface area (Å²) in [6, 6.07) is 21.8. The van der Waals surface area contributed by atoms with Crippen molar-refractivity contribution in [2.24, 2.45) is 0 Å². The zero-order valence-corrected chi connectivity index (χ0v) is 17.6. The molecule has 152 valence electrons. The number of phenols is 1. The van der Waals surface area contributed by atoms with Crippen LogP contribution in [-0.2, 0) is 0 Å². The van der Waals surface area contributed by atoms with Crippen molar-refractivity contribution < 1.29 is 14.3 Å². The number of aromatic hydroxyl groups is 1. The van der Waals surface area contributed by atoms with Crippen LogP contribution in [0.4, 0.5) is 5.69 Å². The van der Waals surface area contributed by atoms with Gasteiger partial charge in [0.1, 0.15) is 16.3 Å². The highest BCUT2D eigenvalue weighted by Crippen LogP contribution is 2.36. The van der Waals surface area contributed by atoms with Crippen molar-refractivity contribution in [2.75, 3.05) is 5.32 Å². The molecule has 1 amide bonds. The number of rotatable bonds is 3. The van der Waals surface area contributed by atoms with Crippen LogP contribution in [0.2, 0.25) is 0 Å². The van der Waals surface area contributed by atoms with Gasteiger partial charge in [0.25, 0.3) is 5.91 Å². The predicted octanol–water partition coefficient (Wildman–Crippen LogP) is 5.54. The molecular weight excluding hydrogens is 430 g/mol. The number of thiazole rings is 1. The number of hydrogen-bond donors (Lipinski definition) is 3. The van der Waals surface area contributed by atoms with Gasteiger partial charge < -0.3 is 14.8 Å². The van der Waals surface area contributed by atoms with Gasteiger partial charge in [0.2, 0.25) is 0 Å². The molecule has 31 heavy (non-hydrogen) atoms. The van der Waals surface area contributed by atoms with Crippen LogP contribution in [0.3, 0.4) is 0 Å². The van der Waals surface area contributed by atoms with E-state index >= 15 is 0 Å². The molecular formula is C23H15N3O3S2. The smallest absolute Gasteiger partial charge is 0.293 e. The van der Waals surface area contributed by atoms with E-state index < -0.39 is 5.91 Å². The van der Waals surface area contributed by atoms with Crippen LogP contribution in [0.1, 0.15) is 10.6 Å². The van der Waals surface area contributed by atoms with E-state index in [-0.39, 0.29) is 16.6 Å². The normalized spacial score (nSPS) is 11.0. The van der Waals surface area contributed by atoms with Crippen molar-refractivity contribution in [1.82, 2.24) is 10.3 Å². The Hall–Kier alpha value is -3.75. The number of nitrogens with zero attached hydrogens (tertiary/aromatic N) is 1. The Balaban J connectivity index is 1.34. The van der Waals surface area contributed by atoms with E-state index in [1.54, 1.807) is 30.3 Å². The first-order valence-corrected chi connectivity index (χ1v) is 10.6. The van der Waals surface area contributed by atoms with Gasteiger partial charge in [-0.15, -0.1) is 11.3 Å². The molecule has 3 aromatic carbocycles.